The van der Waals surface area contributed by atoms with E-state index >= 15 is 0 Å². The first-order valence-electron chi connectivity index (χ1n) is 9.16. The van der Waals surface area contributed by atoms with Crippen LogP contribution in [0.15, 0.2) is 35.3 Å². The molecule has 3 rings (SSSR count). The molecule has 146 valence electrons. The van der Waals surface area contributed by atoms with Crippen molar-refractivity contribution < 1.29 is 14.0 Å². The smallest absolute Gasteiger partial charge is 0.317 e. The number of rotatable bonds is 5. The summed E-state index contributed by atoms with van der Waals surface area (Å²) in [6.45, 7) is 5.85. The number of nitrogens with one attached hydrogen (secondary N) is 1. The fraction of sp³-hybridized carbons (Fsp3) is 0.526. The number of imidazole rings is 1. The second kappa shape index (κ2) is 7.85. The highest BCUT2D eigenvalue weighted by molar-refractivity contribution is 5.92. The summed E-state index contributed by atoms with van der Waals surface area (Å²) in [6, 6.07) is 3.32. The summed E-state index contributed by atoms with van der Waals surface area (Å²) >= 11 is 0. The van der Waals surface area contributed by atoms with E-state index in [1.54, 1.807) is 37.6 Å². The van der Waals surface area contributed by atoms with Crippen molar-refractivity contribution in [1.82, 2.24) is 24.7 Å². The number of carbonyl (C=O) groups is 2. The van der Waals surface area contributed by atoms with E-state index in [9.17, 15) is 9.59 Å². The summed E-state index contributed by atoms with van der Waals surface area (Å²) < 4.78 is 7.63. The van der Waals surface area contributed by atoms with Gasteiger partial charge in [0, 0.05) is 45.5 Å². The second-order valence-corrected chi connectivity index (χ2v) is 7.57. The summed E-state index contributed by atoms with van der Waals surface area (Å²) in [5.74, 6) is 1.45. The average molecular weight is 373 g/mol. The van der Waals surface area contributed by atoms with E-state index in [0.717, 1.165) is 0 Å². The molecule has 3 amide bonds. The van der Waals surface area contributed by atoms with Crippen LogP contribution in [0.2, 0.25) is 0 Å². The zero-order chi connectivity index (χ0) is 19.6. The molecule has 0 bridgehead atoms. The topological polar surface area (TPSA) is 83.6 Å². The van der Waals surface area contributed by atoms with Crippen LogP contribution in [0.25, 0.3) is 0 Å². The monoisotopic (exact) mass is 373 g/mol. The van der Waals surface area contributed by atoms with E-state index in [1.807, 2.05) is 16.8 Å². The number of urea groups is 1. The predicted octanol–water partition coefficient (Wildman–Crippen LogP) is 1.89. The zero-order valence-corrected chi connectivity index (χ0v) is 16.3. The van der Waals surface area contributed by atoms with Crippen LogP contribution < -0.4 is 5.32 Å². The minimum absolute atomic E-state index is 0.0655. The SMILES string of the molecule is CC(C)[C@@H]1CN(C(=O)c2ccc(Cn3ccnc3)o2)C[C@H]1NC(=O)N(C)C. The quantitative estimate of drug-likeness (QED) is 0.868. The highest BCUT2D eigenvalue weighted by Crippen LogP contribution is 2.26. The number of likely N-dealkylation sites (tertiary alicyclic amines) is 1. The number of nitrogens with zero attached hydrogens (tertiary/aromatic N) is 4. The molecule has 2 aromatic rings. The summed E-state index contributed by atoms with van der Waals surface area (Å²) in [7, 11) is 3.42. The highest BCUT2D eigenvalue weighted by Gasteiger charge is 2.38. The molecule has 1 fully saturated rings. The van der Waals surface area contributed by atoms with Gasteiger partial charge >= 0.3 is 6.03 Å². The van der Waals surface area contributed by atoms with Gasteiger partial charge in [0.05, 0.1) is 18.9 Å². The maximum Gasteiger partial charge on any atom is 0.317 e. The fourth-order valence-corrected chi connectivity index (χ4v) is 3.40. The Hall–Kier alpha value is -2.77. The van der Waals surface area contributed by atoms with Gasteiger partial charge in [0.1, 0.15) is 5.76 Å². The average Bonchev–Trinajstić information content (AvgIpc) is 3.35. The molecule has 0 saturated carbocycles. The van der Waals surface area contributed by atoms with Gasteiger partial charge in [0.25, 0.3) is 5.91 Å². The van der Waals surface area contributed by atoms with Crippen molar-refractivity contribution in [3.05, 3.63) is 42.4 Å². The van der Waals surface area contributed by atoms with E-state index in [-0.39, 0.29) is 23.9 Å². The summed E-state index contributed by atoms with van der Waals surface area (Å²) in [4.78, 5) is 32.2. The molecular formula is C19H27N5O3. The van der Waals surface area contributed by atoms with Crippen molar-refractivity contribution in [2.45, 2.75) is 26.4 Å². The first-order chi connectivity index (χ1) is 12.8. The van der Waals surface area contributed by atoms with E-state index in [0.29, 0.717) is 37.1 Å². The van der Waals surface area contributed by atoms with Crippen LogP contribution in [0.5, 0.6) is 0 Å². The Morgan fingerprint density at radius 2 is 2.11 bits per heavy atom. The molecule has 0 aromatic carbocycles. The van der Waals surface area contributed by atoms with Gasteiger partial charge in [-0.15, -0.1) is 0 Å². The summed E-state index contributed by atoms with van der Waals surface area (Å²) in [5.41, 5.74) is 0. The fourth-order valence-electron chi connectivity index (χ4n) is 3.40. The lowest BCUT2D eigenvalue weighted by atomic mass is 9.91. The van der Waals surface area contributed by atoms with Crippen molar-refractivity contribution in [3.8, 4) is 0 Å². The molecular weight excluding hydrogens is 346 g/mol. The van der Waals surface area contributed by atoms with E-state index in [2.05, 4.69) is 24.1 Å². The Morgan fingerprint density at radius 1 is 1.33 bits per heavy atom. The number of hydrogen-bond acceptors (Lipinski definition) is 4. The van der Waals surface area contributed by atoms with Crippen LogP contribution in [0.4, 0.5) is 4.79 Å². The highest BCUT2D eigenvalue weighted by atomic mass is 16.4. The molecule has 1 aliphatic heterocycles. The number of furan rings is 1. The third-order valence-electron chi connectivity index (χ3n) is 4.99. The first-order valence-corrected chi connectivity index (χ1v) is 9.16. The first kappa shape index (κ1) is 19.0. The molecule has 1 aliphatic rings. The summed E-state index contributed by atoms with van der Waals surface area (Å²) in [5, 5.41) is 3.03. The third kappa shape index (κ3) is 4.32. The molecule has 0 radical (unpaired) electrons. The van der Waals surface area contributed by atoms with Gasteiger partial charge in [-0.05, 0) is 18.1 Å². The normalized spacial score (nSPS) is 19.5. The maximum atomic E-state index is 12.9. The Labute approximate surface area is 159 Å². The number of amides is 3. The van der Waals surface area contributed by atoms with Crippen molar-refractivity contribution in [2.75, 3.05) is 27.2 Å². The van der Waals surface area contributed by atoms with Crippen molar-refractivity contribution in [1.29, 1.82) is 0 Å². The van der Waals surface area contributed by atoms with Crippen LogP contribution in [-0.4, -0.2) is 64.5 Å². The van der Waals surface area contributed by atoms with Crippen LogP contribution in [-0.2, 0) is 6.54 Å². The zero-order valence-electron chi connectivity index (χ0n) is 16.3. The Bertz CT molecular complexity index is 781. The molecule has 27 heavy (non-hydrogen) atoms. The molecule has 1 saturated heterocycles. The van der Waals surface area contributed by atoms with Crippen LogP contribution in [0, 0.1) is 11.8 Å². The van der Waals surface area contributed by atoms with Crippen LogP contribution >= 0.6 is 0 Å². The van der Waals surface area contributed by atoms with Crippen LogP contribution in [0.3, 0.4) is 0 Å². The molecule has 8 nitrogen and oxygen atoms in total. The second-order valence-electron chi connectivity index (χ2n) is 7.57. The minimum Gasteiger partial charge on any atom is -0.454 e. The maximum absolute atomic E-state index is 12.9. The standard InChI is InChI=1S/C19H27N5O3/c1-13(2)15-10-24(11-16(15)21-19(26)22(3)4)18(25)17-6-5-14(27-17)9-23-8-7-20-12-23/h5-8,12-13,15-16H,9-11H2,1-4H3,(H,21,26)/t15-,16+/m0/s1. The molecule has 8 heteroatoms. The number of carbonyl (C=O) groups excluding carboxylic acids is 2. The van der Waals surface area contributed by atoms with Crippen molar-refractivity contribution in [2.24, 2.45) is 11.8 Å². The van der Waals surface area contributed by atoms with Gasteiger partial charge in [-0.2, -0.15) is 0 Å². The number of aromatic nitrogens is 2. The minimum atomic E-state index is -0.140. The Kier molecular flexibility index (Phi) is 5.53. The molecule has 2 aromatic heterocycles. The largest absolute Gasteiger partial charge is 0.454 e. The Balaban J connectivity index is 1.67. The third-order valence-corrected chi connectivity index (χ3v) is 4.99. The van der Waals surface area contributed by atoms with Crippen molar-refractivity contribution in [3.63, 3.8) is 0 Å². The summed E-state index contributed by atoms with van der Waals surface area (Å²) in [6.07, 6.45) is 5.25. The van der Waals surface area contributed by atoms with Gasteiger partial charge in [0.15, 0.2) is 5.76 Å². The molecule has 3 heterocycles. The van der Waals surface area contributed by atoms with Gasteiger partial charge < -0.3 is 24.1 Å². The molecule has 0 spiro atoms. The van der Waals surface area contributed by atoms with E-state index in [4.69, 9.17) is 4.42 Å². The lowest BCUT2D eigenvalue weighted by Crippen LogP contribution is -2.46. The molecule has 0 aliphatic carbocycles. The lowest BCUT2D eigenvalue weighted by molar-refractivity contribution is 0.0748. The van der Waals surface area contributed by atoms with Crippen molar-refractivity contribution >= 4 is 11.9 Å². The van der Waals surface area contributed by atoms with Gasteiger partial charge in [-0.3, -0.25) is 4.79 Å². The molecule has 1 N–H and O–H groups in total. The van der Waals surface area contributed by atoms with E-state index < -0.39 is 0 Å². The Morgan fingerprint density at radius 3 is 2.74 bits per heavy atom. The van der Waals surface area contributed by atoms with Gasteiger partial charge in [-0.1, -0.05) is 13.8 Å². The van der Waals surface area contributed by atoms with Crippen LogP contribution in [0.1, 0.15) is 30.2 Å². The predicted molar refractivity (Wildman–Crippen MR) is 100 cm³/mol. The number of hydrogen-bond donors (Lipinski definition) is 1. The van der Waals surface area contributed by atoms with Gasteiger partial charge in [-0.25, -0.2) is 9.78 Å². The lowest BCUT2D eigenvalue weighted by Gasteiger charge is -2.24. The molecule has 0 unspecified atom stereocenters. The molecule has 2 atom stereocenters. The van der Waals surface area contributed by atoms with E-state index in [1.165, 1.54) is 4.90 Å². The van der Waals surface area contributed by atoms with Gasteiger partial charge in [0.2, 0.25) is 0 Å².